The first-order chi connectivity index (χ1) is 7.97. The van der Waals surface area contributed by atoms with E-state index in [1.54, 1.807) is 24.3 Å². The molecule has 6 heteroatoms. The largest absolute Gasteiger partial charge is 0.289 e. The van der Waals surface area contributed by atoms with E-state index in [4.69, 9.17) is 23.2 Å². The molecule has 0 aliphatic carbocycles. The predicted octanol–water partition coefficient (Wildman–Crippen LogP) is 5.81. The average molecular weight is 415 g/mol. The zero-order valence-electron chi connectivity index (χ0n) is 8.14. The van der Waals surface area contributed by atoms with Crippen LogP contribution in [0.3, 0.4) is 0 Å². The van der Waals surface area contributed by atoms with Gasteiger partial charge in [0.1, 0.15) is 0 Å². The maximum Gasteiger partial charge on any atom is 0.195 e. The van der Waals surface area contributed by atoms with Crippen molar-refractivity contribution < 1.29 is 4.79 Å². The number of benzene rings is 1. The van der Waals surface area contributed by atoms with Crippen molar-refractivity contribution in [2.24, 2.45) is 0 Å². The third kappa shape index (κ3) is 3.12. The minimum Gasteiger partial charge on any atom is -0.289 e. The first-order valence-electron chi connectivity index (χ1n) is 4.43. The second-order valence-corrected chi connectivity index (χ2v) is 7.85. The molecule has 0 spiro atoms. The van der Waals surface area contributed by atoms with Crippen LogP contribution < -0.4 is 0 Å². The number of halogens is 4. The maximum atomic E-state index is 12.2. The van der Waals surface area contributed by atoms with Crippen molar-refractivity contribution in [2.45, 2.75) is 0 Å². The van der Waals surface area contributed by atoms with Crippen molar-refractivity contribution in [3.8, 4) is 0 Å². The zero-order chi connectivity index (χ0) is 12.6. The fraction of sp³-hybridized carbons (Fsp3) is 0. The number of thiophene rings is 1. The van der Waals surface area contributed by atoms with Gasteiger partial charge in [-0.2, -0.15) is 0 Å². The van der Waals surface area contributed by atoms with Gasteiger partial charge in [0.15, 0.2) is 5.78 Å². The average Bonchev–Trinajstić information content (AvgIpc) is 2.55. The molecule has 1 aromatic carbocycles. The van der Waals surface area contributed by atoms with Gasteiger partial charge in [0.05, 0.1) is 7.57 Å². The van der Waals surface area contributed by atoms with Gasteiger partial charge in [-0.1, -0.05) is 23.2 Å². The highest BCUT2D eigenvalue weighted by Crippen LogP contribution is 2.33. The van der Waals surface area contributed by atoms with Crippen molar-refractivity contribution in [3.63, 3.8) is 0 Å². The van der Waals surface area contributed by atoms with Gasteiger partial charge in [0, 0.05) is 21.2 Å². The third-order valence-electron chi connectivity index (χ3n) is 2.03. The molecule has 0 amide bonds. The minimum atomic E-state index is -0.108. The lowest BCUT2D eigenvalue weighted by Crippen LogP contribution is -2.00. The molecule has 17 heavy (non-hydrogen) atoms. The van der Waals surface area contributed by atoms with Crippen LogP contribution in [-0.4, -0.2) is 5.78 Å². The first kappa shape index (κ1) is 13.6. The summed E-state index contributed by atoms with van der Waals surface area (Å²) in [6.07, 6.45) is 0. The Balaban J connectivity index is 2.47. The first-order valence-corrected chi connectivity index (χ1v) is 7.59. The minimum absolute atomic E-state index is 0.108. The van der Waals surface area contributed by atoms with Crippen molar-refractivity contribution in [3.05, 3.63) is 53.0 Å². The highest BCUT2D eigenvalue weighted by molar-refractivity contribution is 9.12. The van der Waals surface area contributed by atoms with E-state index in [1.165, 1.54) is 11.3 Å². The van der Waals surface area contributed by atoms with Crippen molar-refractivity contribution in [1.82, 2.24) is 0 Å². The number of hydrogen-bond donors (Lipinski definition) is 0. The van der Waals surface area contributed by atoms with Crippen molar-refractivity contribution in [2.75, 3.05) is 0 Å². The number of rotatable bonds is 2. The molecule has 2 rings (SSSR count). The van der Waals surface area contributed by atoms with Crippen LogP contribution in [0.4, 0.5) is 0 Å². The Kier molecular flexibility index (Phi) is 4.31. The Hall–Kier alpha value is 0.130. The van der Waals surface area contributed by atoms with Crippen LogP contribution >= 0.6 is 66.4 Å². The van der Waals surface area contributed by atoms with Crippen LogP contribution in [-0.2, 0) is 0 Å². The molecule has 0 radical (unpaired) electrons. The quantitative estimate of drug-likeness (QED) is 0.566. The summed E-state index contributed by atoms with van der Waals surface area (Å²) >= 11 is 19.9. The third-order valence-corrected chi connectivity index (χ3v) is 4.80. The second-order valence-electron chi connectivity index (χ2n) is 3.23. The molecular formula is C11H4Br2Cl2OS. The molecule has 0 aliphatic heterocycles. The molecule has 1 heterocycles. The Morgan fingerprint density at radius 1 is 1.06 bits per heavy atom. The van der Waals surface area contributed by atoms with E-state index in [1.807, 2.05) is 0 Å². The summed E-state index contributed by atoms with van der Waals surface area (Å²) in [7, 11) is 0. The zero-order valence-corrected chi connectivity index (χ0v) is 13.6. The highest BCUT2D eigenvalue weighted by Gasteiger charge is 2.16. The van der Waals surface area contributed by atoms with Crippen LogP contribution in [0.15, 0.2) is 31.8 Å². The number of hydrogen-bond acceptors (Lipinski definition) is 2. The number of ketones is 1. The van der Waals surface area contributed by atoms with E-state index >= 15 is 0 Å². The summed E-state index contributed by atoms with van der Waals surface area (Å²) in [5, 5.41) is 0.900. The molecule has 0 unspecified atom stereocenters. The fourth-order valence-electron chi connectivity index (χ4n) is 1.34. The van der Waals surface area contributed by atoms with Crippen molar-refractivity contribution >= 4 is 72.2 Å². The molecular weight excluding hydrogens is 411 g/mol. The van der Waals surface area contributed by atoms with E-state index in [2.05, 4.69) is 31.9 Å². The molecule has 2 aromatic rings. The maximum absolute atomic E-state index is 12.2. The van der Waals surface area contributed by atoms with Gasteiger partial charge in [0.2, 0.25) is 0 Å². The molecule has 0 aliphatic rings. The summed E-state index contributed by atoms with van der Waals surface area (Å²) in [4.78, 5) is 12.2. The standard InChI is InChI=1S/C11H4Br2Cl2OS/c12-9-4-8(11(13)17-9)10(16)5-1-6(14)3-7(15)2-5/h1-4H. The van der Waals surface area contributed by atoms with Gasteiger partial charge in [-0.05, 0) is 56.1 Å². The molecule has 0 N–H and O–H groups in total. The van der Waals surface area contributed by atoms with Crippen LogP contribution in [0.25, 0.3) is 0 Å². The van der Waals surface area contributed by atoms with E-state index in [0.29, 0.717) is 21.2 Å². The molecule has 0 fully saturated rings. The van der Waals surface area contributed by atoms with Crippen LogP contribution in [0.2, 0.25) is 10.0 Å². The molecule has 1 nitrogen and oxygen atoms in total. The molecule has 0 saturated heterocycles. The molecule has 0 atom stereocenters. The van der Waals surface area contributed by atoms with Gasteiger partial charge < -0.3 is 0 Å². The molecule has 1 aromatic heterocycles. The van der Waals surface area contributed by atoms with Gasteiger partial charge in [-0.25, -0.2) is 0 Å². The summed E-state index contributed by atoms with van der Waals surface area (Å²) in [6.45, 7) is 0. The summed E-state index contributed by atoms with van der Waals surface area (Å²) in [6, 6.07) is 6.58. The highest BCUT2D eigenvalue weighted by atomic mass is 79.9. The molecule has 0 bridgehead atoms. The van der Waals surface area contributed by atoms with Gasteiger partial charge in [-0.3, -0.25) is 4.79 Å². The topological polar surface area (TPSA) is 17.1 Å². The van der Waals surface area contributed by atoms with E-state index in [-0.39, 0.29) is 5.78 Å². The summed E-state index contributed by atoms with van der Waals surface area (Å²) in [5.74, 6) is -0.108. The normalized spacial score (nSPS) is 10.6. The Labute approximate surface area is 129 Å². The molecule has 88 valence electrons. The van der Waals surface area contributed by atoms with Crippen LogP contribution in [0.1, 0.15) is 15.9 Å². The lowest BCUT2D eigenvalue weighted by Gasteiger charge is -2.01. The second kappa shape index (κ2) is 5.41. The van der Waals surface area contributed by atoms with Crippen LogP contribution in [0.5, 0.6) is 0 Å². The van der Waals surface area contributed by atoms with Gasteiger partial charge in [0.25, 0.3) is 0 Å². The van der Waals surface area contributed by atoms with Crippen LogP contribution in [0, 0.1) is 0 Å². The predicted molar refractivity (Wildman–Crippen MR) is 79.6 cm³/mol. The number of carbonyl (C=O) groups excluding carboxylic acids is 1. The number of carbonyl (C=O) groups is 1. The molecule has 0 saturated carbocycles. The fourth-order valence-corrected chi connectivity index (χ4v) is 4.65. The smallest absolute Gasteiger partial charge is 0.195 e. The lowest BCUT2D eigenvalue weighted by molar-refractivity contribution is 0.103. The van der Waals surface area contributed by atoms with Gasteiger partial charge >= 0.3 is 0 Å². The monoisotopic (exact) mass is 412 g/mol. The Morgan fingerprint density at radius 3 is 2.12 bits per heavy atom. The van der Waals surface area contributed by atoms with E-state index in [0.717, 1.165) is 7.57 Å². The van der Waals surface area contributed by atoms with Crippen molar-refractivity contribution in [1.29, 1.82) is 0 Å². The Bertz CT molecular complexity index is 575. The summed E-state index contributed by atoms with van der Waals surface area (Å²) < 4.78 is 1.67. The van der Waals surface area contributed by atoms with E-state index in [9.17, 15) is 4.79 Å². The van der Waals surface area contributed by atoms with E-state index < -0.39 is 0 Å². The van der Waals surface area contributed by atoms with Gasteiger partial charge in [-0.15, -0.1) is 11.3 Å². The summed E-state index contributed by atoms with van der Waals surface area (Å²) in [5.41, 5.74) is 1.08. The Morgan fingerprint density at radius 2 is 1.65 bits per heavy atom. The SMILES string of the molecule is O=C(c1cc(Cl)cc(Cl)c1)c1cc(Br)sc1Br. The lowest BCUT2D eigenvalue weighted by atomic mass is 10.1.